The Balaban J connectivity index is 1.93. The Morgan fingerprint density at radius 1 is 1.21 bits per heavy atom. The van der Waals surface area contributed by atoms with Gasteiger partial charge in [-0.25, -0.2) is 15.1 Å². The topological polar surface area (TPSA) is 104 Å². The molecular formula is C10H9N7O2. The number of benzene rings is 1. The second-order valence-electron chi connectivity index (χ2n) is 3.72. The van der Waals surface area contributed by atoms with E-state index in [1.54, 1.807) is 11.2 Å². The maximum atomic E-state index is 10.8. The van der Waals surface area contributed by atoms with E-state index < -0.39 is 5.03 Å². The Bertz CT molecular complexity index is 610. The quantitative estimate of drug-likeness (QED) is 0.604. The van der Waals surface area contributed by atoms with Gasteiger partial charge >= 0.3 is 0 Å². The molecule has 0 radical (unpaired) electrons. The molecular weight excluding hydrogens is 250 g/mol. The molecule has 0 fully saturated rings. The molecule has 2 aliphatic rings. The highest BCUT2D eigenvalue weighted by Crippen LogP contribution is 2.21. The molecule has 0 saturated carbocycles. The first-order valence-electron chi connectivity index (χ1n) is 5.36. The van der Waals surface area contributed by atoms with Gasteiger partial charge in [0.25, 0.3) is 11.9 Å². The molecule has 0 amide bonds. The van der Waals surface area contributed by atoms with Crippen LogP contribution in [0.3, 0.4) is 0 Å². The first-order valence-corrected chi connectivity index (χ1v) is 5.36. The first-order chi connectivity index (χ1) is 9.16. The molecule has 0 atom stereocenters. The maximum absolute atomic E-state index is 10.8. The van der Waals surface area contributed by atoms with Crippen molar-refractivity contribution in [2.75, 3.05) is 5.01 Å². The zero-order valence-corrected chi connectivity index (χ0v) is 9.62. The summed E-state index contributed by atoms with van der Waals surface area (Å²) in [7, 11) is 0. The third-order valence-electron chi connectivity index (χ3n) is 2.55. The Morgan fingerprint density at radius 3 is 2.63 bits per heavy atom. The molecule has 9 nitrogen and oxygen atoms in total. The monoisotopic (exact) mass is 259 g/mol. The average molecular weight is 259 g/mol. The van der Waals surface area contributed by atoms with E-state index in [1.165, 1.54) is 6.20 Å². The van der Waals surface area contributed by atoms with E-state index in [9.17, 15) is 10.1 Å². The third kappa shape index (κ3) is 1.73. The standard InChI is InChI=1S/C10H9N7O2/c11-9-12-10-13-14(8-4-2-1-3-5-8)6-7-15(10)16(9)17(18)19/h1-7H,(H2,11,12,13). The highest BCUT2D eigenvalue weighted by Gasteiger charge is 2.38. The van der Waals surface area contributed by atoms with Crippen molar-refractivity contribution < 1.29 is 5.03 Å². The number of nitrogens with two attached hydrogens (primary N) is 1. The van der Waals surface area contributed by atoms with Gasteiger partial charge in [0.15, 0.2) is 5.03 Å². The van der Waals surface area contributed by atoms with Crippen molar-refractivity contribution in [2.45, 2.75) is 0 Å². The van der Waals surface area contributed by atoms with E-state index >= 15 is 0 Å². The molecule has 1 aromatic rings. The fourth-order valence-corrected chi connectivity index (χ4v) is 1.73. The highest BCUT2D eigenvalue weighted by molar-refractivity contribution is 6.00. The van der Waals surface area contributed by atoms with E-state index in [1.807, 2.05) is 30.3 Å². The number of hydrazine groups is 2. The van der Waals surface area contributed by atoms with Crippen molar-refractivity contribution in [3.05, 3.63) is 52.8 Å². The minimum Gasteiger partial charge on any atom is -0.363 e. The van der Waals surface area contributed by atoms with Gasteiger partial charge in [0.05, 0.1) is 11.9 Å². The van der Waals surface area contributed by atoms with Crippen molar-refractivity contribution in [1.82, 2.24) is 10.1 Å². The van der Waals surface area contributed by atoms with Crippen molar-refractivity contribution >= 4 is 17.6 Å². The SMILES string of the molecule is NC1=NC2=NN(c3ccccc3)C=CN2N1[N+](=O)[O-]. The predicted octanol–water partition coefficient (Wildman–Crippen LogP) is 0.288. The van der Waals surface area contributed by atoms with Crippen LogP contribution in [0.15, 0.2) is 52.8 Å². The van der Waals surface area contributed by atoms with Crippen LogP contribution in [0.2, 0.25) is 0 Å². The molecule has 0 spiro atoms. The van der Waals surface area contributed by atoms with Crippen LogP contribution >= 0.6 is 0 Å². The number of aliphatic imine (C=N–C) groups is 1. The Hall–Kier alpha value is -3.10. The highest BCUT2D eigenvalue weighted by atomic mass is 16.7. The number of guanidine groups is 2. The number of nitrogens with zero attached hydrogens (tertiary/aromatic N) is 6. The van der Waals surface area contributed by atoms with Gasteiger partial charge in [-0.15, -0.1) is 5.10 Å². The number of hydrogen-bond donors (Lipinski definition) is 1. The number of fused-ring (bicyclic) bond motifs is 1. The first kappa shape index (κ1) is 11.0. The van der Waals surface area contributed by atoms with Crippen LogP contribution in [0.5, 0.6) is 0 Å². The molecule has 0 saturated heterocycles. The summed E-state index contributed by atoms with van der Waals surface area (Å²) in [5, 5.41) is 17.7. The van der Waals surface area contributed by atoms with Crippen LogP contribution in [0, 0.1) is 10.1 Å². The smallest absolute Gasteiger partial charge is 0.289 e. The molecule has 2 heterocycles. The lowest BCUT2D eigenvalue weighted by Gasteiger charge is -2.24. The van der Waals surface area contributed by atoms with Crippen LogP contribution in [-0.2, 0) is 0 Å². The summed E-state index contributed by atoms with van der Waals surface area (Å²) >= 11 is 0. The molecule has 9 heteroatoms. The van der Waals surface area contributed by atoms with Gasteiger partial charge in [0.2, 0.25) is 0 Å². The van der Waals surface area contributed by atoms with Gasteiger partial charge in [-0.2, -0.15) is 10.0 Å². The fourth-order valence-electron chi connectivity index (χ4n) is 1.73. The molecule has 0 unspecified atom stereocenters. The number of hydrazone groups is 1. The summed E-state index contributed by atoms with van der Waals surface area (Å²) in [5.41, 5.74) is 6.30. The molecule has 3 rings (SSSR count). The Morgan fingerprint density at radius 2 is 1.95 bits per heavy atom. The molecule has 1 aromatic carbocycles. The summed E-state index contributed by atoms with van der Waals surface area (Å²) in [5.74, 6) is -0.0936. The lowest BCUT2D eigenvalue weighted by molar-refractivity contribution is -0.659. The van der Waals surface area contributed by atoms with Crippen molar-refractivity contribution in [2.24, 2.45) is 15.8 Å². The van der Waals surface area contributed by atoms with Crippen LogP contribution in [0.25, 0.3) is 0 Å². The molecule has 19 heavy (non-hydrogen) atoms. The second-order valence-corrected chi connectivity index (χ2v) is 3.72. The van der Waals surface area contributed by atoms with Crippen molar-refractivity contribution in [3.63, 3.8) is 0 Å². The number of para-hydroxylation sites is 1. The lowest BCUT2D eigenvalue weighted by atomic mass is 10.3. The molecule has 2 aliphatic heterocycles. The number of anilines is 1. The van der Waals surface area contributed by atoms with E-state index in [-0.39, 0.29) is 11.9 Å². The van der Waals surface area contributed by atoms with Gasteiger partial charge in [-0.05, 0) is 12.1 Å². The molecule has 0 bridgehead atoms. The predicted molar refractivity (Wildman–Crippen MR) is 67.8 cm³/mol. The van der Waals surface area contributed by atoms with Crippen molar-refractivity contribution in [3.8, 4) is 0 Å². The third-order valence-corrected chi connectivity index (χ3v) is 2.55. The van der Waals surface area contributed by atoms with Crippen LogP contribution in [0.1, 0.15) is 0 Å². The van der Waals surface area contributed by atoms with Crippen molar-refractivity contribution in [1.29, 1.82) is 0 Å². The average Bonchev–Trinajstić information content (AvgIpc) is 2.74. The zero-order chi connectivity index (χ0) is 13.4. The fraction of sp³-hybridized carbons (Fsp3) is 0. The Labute approximate surface area is 107 Å². The molecule has 2 N–H and O–H groups in total. The lowest BCUT2D eigenvalue weighted by Crippen LogP contribution is -2.48. The van der Waals surface area contributed by atoms with Crippen LogP contribution in [0.4, 0.5) is 5.69 Å². The number of nitro groups is 1. The second kappa shape index (κ2) is 3.98. The maximum Gasteiger partial charge on any atom is 0.289 e. The molecule has 0 aromatic heterocycles. The minimum atomic E-state index is -0.663. The molecule has 96 valence electrons. The number of hydrogen-bond acceptors (Lipinski definition) is 7. The molecule has 0 aliphatic carbocycles. The van der Waals surface area contributed by atoms with Gasteiger partial charge in [-0.3, -0.25) is 0 Å². The normalized spacial score (nSPS) is 17.2. The summed E-state index contributed by atoms with van der Waals surface area (Å²) in [6.45, 7) is 0. The summed E-state index contributed by atoms with van der Waals surface area (Å²) < 4.78 is 0. The van der Waals surface area contributed by atoms with Gasteiger partial charge < -0.3 is 5.73 Å². The van der Waals surface area contributed by atoms with Crippen LogP contribution < -0.4 is 10.7 Å². The number of rotatable bonds is 2. The summed E-state index contributed by atoms with van der Waals surface area (Å²) in [6.07, 6.45) is 3.06. The summed E-state index contributed by atoms with van der Waals surface area (Å²) in [4.78, 5) is 14.7. The van der Waals surface area contributed by atoms with E-state index in [0.717, 1.165) is 10.7 Å². The zero-order valence-electron chi connectivity index (χ0n) is 9.62. The van der Waals surface area contributed by atoms with Gasteiger partial charge in [-0.1, -0.05) is 18.2 Å². The van der Waals surface area contributed by atoms with Gasteiger partial charge in [0, 0.05) is 11.3 Å². The van der Waals surface area contributed by atoms with Gasteiger partial charge in [0.1, 0.15) is 0 Å². The van der Waals surface area contributed by atoms with E-state index in [2.05, 4.69) is 10.1 Å². The van der Waals surface area contributed by atoms with E-state index in [4.69, 9.17) is 5.73 Å². The Kier molecular flexibility index (Phi) is 2.31. The largest absolute Gasteiger partial charge is 0.363 e. The minimum absolute atomic E-state index is 0.139. The van der Waals surface area contributed by atoms with Crippen LogP contribution in [-0.4, -0.2) is 27.1 Å². The van der Waals surface area contributed by atoms with E-state index in [0.29, 0.717) is 5.12 Å². The summed E-state index contributed by atoms with van der Waals surface area (Å²) in [6, 6.07) is 9.34.